The second-order valence-electron chi connectivity index (χ2n) is 1.33. The van der Waals surface area contributed by atoms with E-state index in [1.54, 1.807) is 0 Å². The molecule has 0 saturated heterocycles. The fourth-order valence-corrected chi connectivity index (χ4v) is 1.16. The van der Waals surface area contributed by atoms with Crippen molar-refractivity contribution in [3.05, 3.63) is 26.9 Å². The first-order valence-electron chi connectivity index (χ1n) is 4.58. The van der Waals surface area contributed by atoms with Crippen molar-refractivity contribution >= 4 is 31.9 Å². The molecule has 3 heteroatoms. The van der Waals surface area contributed by atoms with E-state index in [-0.39, 0.29) is 26.9 Å². The van der Waals surface area contributed by atoms with Crippen LogP contribution < -0.4 is 0 Å². The summed E-state index contributed by atoms with van der Waals surface area (Å²) in [6.45, 7) is -2.43. The number of aromatic nitrogens is 1. The number of halogens is 2. The molecule has 1 rings (SSSR count). The molecule has 0 unspecified atom stereocenters. The van der Waals surface area contributed by atoms with E-state index in [2.05, 4.69) is 36.8 Å². The summed E-state index contributed by atoms with van der Waals surface area (Å²) in [4.78, 5) is 3.61. The Kier molecular flexibility index (Phi) is 0.935. The number of nitrogens with zero attached hydrogens (tertiary/aromatic N) is 1. The first-order valence-corrected chi connectivity index (χ1v) is 3.66. The van der Waals surface area contributed by atoms with Crippen LogP contribution in [-0.4, -0.2) is 4.98 Å². The summed E-state index contributed by atoms with van der Waals surface area (Å²) in [6.07, 6.45) is -0.347. The number of hydrogen-bond acceptors (Lipinski definition) is 1. The smallest absolute Gasteiger partial charge is 0.107 e. The SMILES string of the molecule is [2H]c1nc(Br)c([2H])c(Br)c1C([2H])([2H])[2H]. The van der Waals surface area contributed by atoms with E-state index in [1.807, 2.05) is 0 Å². The third kappa shape index (κ3) is 1.76. The maximum Gasteiger partial charge on any atom is 0.107 e. The third-order valence-corrected chi connectivity index (χ3v) is 1.67. The largest absolute Gasteiger partial charge is 0.249 e. The lowest BCUT2D eigenvalue weighted by molar-refractivity contribution is 1.21. The van der Waals surface area contributed by atoms with Crippen LogP contribution in [0, 0.1) is 6.85 Å². The fourth-order valence-electron chi connectivity index (χ4n) is 0.335. The Morgan fingerprint density at radius 3 is 3.22 bits per heavy atom. The topological polar surface area (TPSA) is 12.9 Å². The zero-order chi connectivity index (χ0) is 11.1. The summed E-state index contributed by atoms with van der Waals surface area (Å²) in [5.74, 6) is 0. The molecule has 1 aromatic rings. The predicted octanol–water partition coefficient (Wildman–Crippen LogP) is 2.92. The van der Waals surface area contributed by atoms with Gasteiger partial charge in [0.2, 0.25) is 0 Å². The van der Waals surface area contributed by atoms with E-state index in [0.717, 1.165) is 0 Å². The minimum Gasteiger partial charge on any atom is -0.249 e. The molecule has 0 saturated carbocycles. The van der Waals surface area contributed by atoms with Gasteiger partial charge in [0.15, 0.2) is 0 Å². The summed E-state index contributed by atoms with van der Waals surface area (Å²) in [5.41, 5.74) is -0.231. The van der Waals surface area contributed by atoms with Crippen molar-refractivity contribution in [3.63, 3.8) is 0 Å². The maximum atomic E-state index is 7.47. The van der Waals surface area contributed by atoms with Crippen molar-refractivity contribution < 1.29 is 6.85 Å². The Morgan fingerprint density at radius 1 is 1.78 bits per heavy atom. The van der Waals surface area contributed by atoms with Crippen LogP contribution in [-0.2, 0) is 0 Å². The molecule has 0 fully saturated rings. The van der Waals surface area contributed by atoms with E-state index in [1.165, 1.54) is 0 Å². The first kappa shape index (κ1) is 3.01. The normalized spacial score (nSPS) is 19.1. The van der Waals surface area contributed by atoms with E-state index in [0.29, 0.717) is 0 Å². The summed E-state index contributed by atoms with van der Waals surface area (Å²) >= 11 is 5.95. The highest BCUT2D eigenvalue weighted by atomic mass is 79.9. The standard InChI is InChI=1S/C6H5Br2N/c1-4-3-9-6(8)2-5(4)7/h2-3H,1H3/i1D3,2D,3D. The van der Waals surface area contributed by atoms with Gasteiger partial charge in [-0.3, -0.25) is 0 Å². The van der Waals surface area contributed by atoms with Crippen LogP contribution in [0.1, 0.15) is 12.4 Å². The van der Waals surface area contributed by atoms with Crippen LogP contribution in [0.25, 0.3) is 0 Å². The molecule has 0 aliphatic rings. The molecule has 0 N–H and O–H groups in total. The van der Waals surface area contributed by atoms with Gasteiger partial charge in [-0.05, 0) is 34.4 Å². The van der Waals surface area contributed by atoms with Crippen molar-refractivity contribution in [3.8, 4) is 0 Å². The summed E-state index contributed by atoms with van der Waals surface area (Å²) in [6, 6.07) is -0.0628. The molecule has 1 nitrogen and oxygen atoms in total. The monoisotopic (exact) mass is 254 g/mol. The predicted molar refractivity (Wildman–Crippen MR) is 44.4 cm³/mol. The third-order valence-electron chi connectivity index (χ3n) is 0.698. The highest BCUT2D eigenvalue weighted by Crippen LogP contribution is 2.17. The van der Waals surface area contributed by atoms with Crippen molar-refractivity contribution in [2.45, 2.75) is 6.85 Å². The molecule has 48 valence electrons. The summed E-state index contributed by atoms with van der Waals surface area (Å²) in [7, 11) is 0. The van der Waals surface area contributed by atoms with Crippen LogP contribution in [0.4, 0.5) is 0 Å². The Hall–Kier alpha value is 0.110. The fraction of sp³-hybridized carbons (Fsp3) is 0.167. The van der Waals surface area contributed by atoms with E-state index in [9.17, 15) is 0 Å². The molecule has 0 spiro atoms. The molecular formula is C6H5Br2N. The van der Waals surface area contributed by atoms with Gasteiger partial charge in [-0.2, -0.15) is 0 Å². The molecule has 0 amide bonds. The molecule has 0 aliphatic heterocycles. The lowest BCUT2D eigenvalue weighted by Gasteiger charge is -1.94. The Morgan fingerprint density at radius 2 is 2.56 bits per heavy atom. The first-order chi connectivity index (χ1) is 6.25. The number of pyridine rings is 1. The van der Waals surface area contributed by atoms with Gasteiger partial charge in [0.1, 0.15) is 4.60 Å². The van der Waals surface area contributed by atoms with Crippen LogP contribution in [0.15, 0.2) is 21.3 Å². The highest BCUT2D eigenvalue weighted by molar-refractivity contribution is 9.11. The average Bonchev–Trinajstić information content (AvgIpc) is 1.97. The number of hydrogen-bond donors (Lipinski definition) is 0. The van der Waals surface area contributed by atoms with Gasteiger partial charge < -0.3 is 0 Å². The van der Waals surface area contributed by atoms with Crippen molar-refractivity contribution in [2.24, 2.45) is 0 Å². The van der Waals surface area contributed by atoms with Gasteiger partial charge in [0.05, 0.1) is 2.74 Å². The molecule has 0 radical (unpaired) electrons. The maximum absolute atomic E-state index is 7.47. The van der Waals surface area contributed by atoms with Crippen molar-refractivity contribution in [2.75, 3.05) is 0 Å². The Balaban J connectivity index is 3.53. The van der Waals surface area contributed by atoms with Gasteiger partial charge in [0, 0.05) is 14.8 Å². The summed E-state index contributed by atoms with van der Waals surface area (Å²) in [5, 5.41) is 0. The molecule has 0 atom stereocenters. The molecule has 0 aliphatic carbocycles. The van der Waals surface area contributed by atoms with E-state index < -0.39 is 6.85 Å². The zero-order valence-electron chi connectivity index (χ0n) is 9.20. The van der Waals surface area contributed by atoms with Crippen molar-refractivity contribution in [1.29, 1.82) is 0 Å². The quantitative estimate of drug-likeness (QED) is 0.650. The Bertz CT molecular complexity index is 375. The van der Waals surface area contributed by atoms with Gasteiger partial charge in [-0.15, -0.1) is 0 Å². The molecule has 0 bridgehead atoms. The van der Waals surface area contributed by atoms with Crippen LogP contribution in [0.3, 0.4) is 0 Å². The molecule has 1 heterocycles. The molecular weight excluding hydrogens is 246 g/mol. The van der Waals surface area contributed by atoms with Gasteiger partial charge in [0.25, 0.3) is 0 Å². The van der Waals surface area contributed by atoms with Crippen molar-refractivity contribution in [1.82, 2.24) is 4.98 Å². The summed E-state index contributed by atoms with van der Waals surface area (Å²) < 4.78 is 36.6. The molecule has 0 aromatic carbocycles. The van der Waals surface area contributed by atoms with Crippen LogP contribution >= 0.6 is 31.9 Å². The Labute approximate surface area is 77.8 Å². The van der Waals surface area contributed by atoms with Crippen LogP contribution in [0.2, 0.25) is 0 Å². The van der Waals surface area contributed by atoms with Gasteiger partial charge >= 0.3 is 0 Å². The van der Waals surface area contributed by atoms with Gasteiger partial charge in [-0.1, -0.05) is 15.9 Å². The minimum atomic E-state index is -2.43. The van der Waals surface area contributed by atoms with Crippen LogP contribution in [0.5, 0.6) is 0 Å². The second-order valence-corrected chi connectivity index (χ2v) is 2.87. The average molecular weight is 256 g/mol. The van der Waals surface area contributed by atoms with E-state index >= 15 is 0 Å². The zero-order valence-corrected chi connectivity index (χ0v) is 7.38. The highest BCUT2D eigenvalue weighted by Gasteiger charge is 1.93. The van der Waals surface area contributed by atoms with Gasteiger partial charge in [-0.25, -0.2) is 4.98 Å². The number of rotatable bonds is 0. The molecule has 1 aromatic heterocycles. The minimum absolute atomic E-state index is 0.0628. The van der Waals surface area contributed by atoms with E-state index in [4.69, 9.17) is 6.85 Å². The lowest BCUT2D eigenvalue weighted by atomic mass is 10.3. The molecule has 9 heavy (non-hydrogen) atoms. The lowest BCUT2D eigenvalue weighted by Crippen LogP contribution is -1.78. The second kappa shape index (κ2) is 2.80.